The molecule has 0 aliphatic rings. The van der Waals surface area contributed by atoms with Crippen LogP contribution in [0.5, 0.6) is 0 Å². The minimum Gasteiger partial charge on any atom is -0.240 e. The van der Waals surface area contributed by atoms with Crippen molar-refractivity contribution in [3.63, 3.8) is 0 Å². The molecule has 0 unspecified atom stereocenters. The minimum absolute atomic E-state index is 0.665. The summed E-state index contributed by atoms with van der Waals surface area (Å²) in [7, 11) is 0. The van der Waals surface area contributed by atoms with Crippen molar-refractivity contribution in [1.29, 1.82) is 5.26 Å². The second kappa shape index (κ2) is 4.26. The van der Waals surface area contributed by atoms with Gasteiger partial charge in [0.05, 0.1) is 17.3 Å². The smallest absolute Gasteiger partial charge is 0.126 e. The van der Waals surface area contributed by atoms with Crippen LogP contribution >= 0.6 is 22.6 Å². The van der Waals surface area contributed by atoms with Gasteiger partial charge in [0.1, 0.15) is 3.70 Å². The fourth-order valence-electron chi connectivity index (χ4n) is 1.53. The average molecular weight is 323 g/mol. The Balaban J connectivity index is 2.56. The predicted octanol–water partition coefficient (Wildman–Crippen LogP) is 2.97. The van der Waals surface area contributed by atoms with Crippen LogP contribution in [-0.4, -0.2) is 9.78 Å². The van der Waals surface area contributed by atoms with Crippen LogP contribution in [0.2, 0.25) is 0 Å². The van der Waals surface area contributed by atoms with E-state index in [1.807, 2.05) is 42.9 Å². The Bertz CT molecular complexity index is 559. The van der Waals surface area contributed by atoms with Crippen molar-refractivity contribution < 1.29 is 0 Å². The molecule has 0 saturated heterocycles. The van der Waals surface area contributed by atoms with Gasteiger partial charge in [0.15, 0.2) is 0 Å². The highest BCUT2D eigenvalue weighted by Crippen LogP contribution is 2.16. The molecule has 1 aromatic carbocycles. The van der Waals surface area contributed by atoms with E-state index >= 15 is 0 Å². The molecule has 0 bridgehead atoms. The molecule has 1 aromatic heterocycles. The summed E-state index contributed by atoms with van der Waals surface area (Å²) in [4.78, 5) is 0. The van der Waals surface area contributed by atoms with Gasteiger partial charge in [0, 0.05) is 11.8 Å². The Kier molecular flexibility index (Phi) is 2.97. The quantitative estimate of drug-likeness (QED) is 0.757. The van der Waals surface area contributed by atoms with Crippen LogP contribution in [-0.2, 0) is 0 Å². The van der Waals surface area contributed by atoms with E-state index in [9.17, 15) is 0 Å². The van der Waals surface area contributed by atoms with Crippen molar-refractivity contribution in [2.45, 2.75) is 13.8 Å². The maximum Gasteiger partial charge on any atom is 0.126 e. The number of hydrogen-bond donors (Lipinski definition) is 0. The molecule has 0 spiro atoms. The van der Waals surface area contributed by atoms with Crippen molar-refractivity contribution in [2.24, 2.45) is 0 Å². The standard InChI is InChI=1S/C12H10IN3/c1-8-3-10(6-14)5-11(4-8)16-7-9(2)12(13)15-16/h3-5,7H,1-2H3. The van der Waals surface area contributed by atoms with Crippen molar-refractivity contribution in [2.75, 3.05) is 0 Å². The van der Waals surface area contributed by atoms with Gasteiger partial charge in [-0.05, 0) is 60.2 Å². The first kappa shape index (κ1) is 11.1. The Morgan fingerprint density at radius 3 is 2.62 bits per heavy atom. The summed E-state index contributed by atoms with van der Waals surface area (Å²) in [6, 6.07) is 7.88. The summed E-state index contributed by atoms with van der Waals surface area (Å²) in [6.07, 6.45) is 1.97. The van der Waals surface area contributed by atoms with Crippen LogP contribution in [0, 0.1) is 28.9 Å². The molecule has 3 nitrogen and oxygen atoms in total. The largest absolute Gasteiger partial charge is 0.240 e. The number of nitrogens with zero attached hydrogens (tertiary/aromatic N) is 3. The lowest BCUT2D eigenvalue weighted by atomic mass is 10.1. The second-order valence-electron chi connectivity index (χ2n) is 3.72. The number of nitriles is 1. The van der Waals surface area contributed by atoms with E-state index in [2.05, 4.69) is 33.8 Å². The number of hydrogen-bond acceptors (Lipinski definition) is 2. The molecule has 0 amide bonds. The molecular formula is C12H10IN3. The fourth-order valence-corrected chi connectivity index (χ4v) is 1.90. The Morgan fingerprint density at radius 1 is 1.31 bits per heavy atom. The molecule has 16 heavy (non-hydrogen) atoms. The molecular weight excluding hydrogens is 313 g/mol. The normalized spacial score (nSPS) is 10.1. The summed E-state index contributed by atoms with van der Waals surface area (Å²) in [5.74, 6) is 0. The van der Waals surface area contributed by atoms with Gasteiger partial charge in [-0.1, -0.05) is 0 Å². The lowest BCUT2D eigenvalue weighted by Crippen LogP contribution is -1.96. The first-order valence-electron chi connectivity index (χ1n) is 4.84. The van der Waals surface area contributed by atoms with Crippen LogP contribution in [0.25, 0.3) is 5.69 Å². The Labute approximate surface area is 108 Å². The van der Waals surface area contributed by atoms with Gasteiger partial charge in [-0.2, -0.15) is 10.4 Å². The van der Waals surface area contributed by atoms with E-state index in [0.29, 0.717) is 5.56 Å². The summed E-state index contributed by atoms with van der Waals surface area (Å²) in [5.41, 5.74) is 3.80. The van der Waals surface area contributed by atoms with E-state index in [1.54, 1.807) is 0 Å². The average Bonchev–Trinajstić information content (AvgIpc) is 2.58. The highest BCUT2D eigenvalue weighted by Gasteiger charge is 2.05. The zero-order valence-electron chi connectivity index (χ0n) is 9.03. The molecule has 2 rings (SSSR count). The zero-order chi connectivity index (χ0) is 11.7. The molecule has 2 aromatic rings. The van der Waals surface area contributed by atoms with Gasteiger partial charge in [-0.3, -0.25) is 0 Å². The SMILES string of the molecule is Cc1cc(C#N)cc(-n2cc(C)c(I)n2)c1. The van der Waals surface area contributed by atoms with Crippen LogP contribution in [0.1, 0.15) is 16.7 Å². The summed E-state index contributed by atoms with van der Waals surface area (Å²) >= 11 is 2.20. The minimum atomic E-state index is 0.665. The van der Waals surface area contributed by atoms with Crippen molar-refractivity contribution in [3.05, 3.63) is 44.8 Å². The first-order chi connectivity index (χ1) is 7.60. The van der Waals surface area contributed by atoms with E-state index in [0.717, 1.165) is 20.5 Å². The monoisotopic (exact) mass is 323 g/mol. The van der Waals surface area contributed by atoms with Gasteiger partial charge >= 0.3 is 0 Å². The Morgan fingerprint density at radius 2 is 2.06 bits per heavy atom. The number of benzene rings is 1. The van der Waals surface area contributed by atoms with E-state index in [-0.39, 0.29) is 0 Å². The summed E-state index contributed by atoms with van der Waals surface area (Å²) in [5, 5.41) is 13.3. The van der Waals surface area contributed by atoms with Crippen LogP contribution in [0.4, 0.5) is 0 Å². The molecule has 4 heteroatoms. The van der Waals surface area contributed by atoms with Crippen LogP contribution < -0.4 is 0 Å². The first-order valence-corrected chi connectivity index (χ1v) is 5.92. The van der Waals surface area contributed by atoms with E-state index in [4.69, 9.17) is 5.26 Å². The fraction of sp³-hybridized carbons (Fsp3) is 0.167. The molecule has 0 atom stereocenters. The zero-order valence-corrected chi connectivity index (χ0v) is 11.2. The number of aryl methyl sites for hydroxylation is 2. The van der Waals surface area contributed by atoms with Gasteiger partial charge < -0.3 is 0 Å². The number of aromatic nitrogens is 2. The topological polar surface area (TPSA) is 41.6 Å². The third kappa shape index (κ3) is 2.09. The van der Waals surface area contributed by atoms with Gasteiger partial charge in [0.2, 0.25) is 0 Å². The predicted molar refractivity (Wildman–Crippen MR) is 70.5 cm³/mol. The van der Waals surface area contributed by atoms with Crippen LogP contribution in [0.3, 0.4) is 0 Å². The van der Waals surface area contributed by atoms with Gasteiger partial charge in [0.25, 0.3) is 0 Å². The maximum absolute atomic E-state index is 8.91. The molecule has 0 saturated carbocycles. The van der Waals surface area contributed by atoms with Gasteiger partial charge in [-0.15, -0.1) is 0 Å². The lowest BCUT2D eigenvalue weighted by Gasteiger charge is -2.03. The van der Waals surface area contributed by atoms with E-state index in [1.165, 1.54) is 0 Å². The van der Waals surface area contributed by atoms with E-state index < -0.39 is 0 Å². The van der Waals surface area contributed by atoms with Crippen molar-refractivity contribution >= 4 is 22.6 Å². The molecule has 0 radical (unpaired) electrons. The summed E-state index contributed by atoms with van der Waals surface area (Å²) < 4.78 is 2.79. The molecule has 0 aliphatic carbocycles. The third-order valence-electron chi connectivity index (χ3n) is 2.29. The number of rotatable bonds is 1. The Hall–Kier alpha value is -1.35. The third-order valence-corrected chi connectivity index (χ3v) is 3.36. The molecule has 0 fully saturated rings. The molecule has 80 valence electrons. The lowest BCUT2D eigenvalue weighted by molar-refractivity contribution is 0.867. The highest BCUT2D eigenvalue weighted by atomic mass is 127. The maximum atomic E-state index is 8.91. The summed E-state index contributed by atoms with van der Waals surface area (Å²) in [6.45, 7) is 4.00. The highest BCUT2D eigenvalue weighted by molar-refractivity contribution is 14.1. The number of halogens is 1. The van der Waals surface area contributed by atoms with Crippen molar-refractivity contribution in [3.8, 4) is 11.8 Å². The molecule has 0 N–H and O–H groups in total. The molecule has 1 heterocycles. The second-order valence-corrected chi connectivity index (χ2v) is 4.74. The molecule has 0 aliphatic heterocycles. The van der Waals surface area contributed by atoms with Crippen LogP contribution in [0.15, 0.2) is 24.4 Å². The van der Waals surface area contributed by atoms with Crippen molar-refractivity contribution in [1.82, 2.24) is 9.78 Å². The van der Waals surface area contributed by atoms with Gasteiger partial charge in [-0.25, -0.2) is 4.68 Å².